The molecule has 7 heteroatoms. The molecule has 3 N–H and O–H groups in total. The van der Waals surface area contributed by atoms with E-state index in [9.17, 15) is 9.90 Å². The molecular formula is C28H32N4O3. The lowest BCUT2D eigenvalue weighted by Crippen LogP contribution is -2.53. The SMILES string of the molecule is C[C@@H]1C2C=C[C@@H](O2)[C@H](C)[C@@]1(O)c1ccc(NC(=O)c2nc(C#N)c[nH]2)c(C2=CCC(C)(C)CC2)c1. The molecule has 1 fully saturated rings. The average Bonchev–Trinajstić information content (AvgIpc) is 3.51. The topological polar surface area (TPSA) is 111 Å². The van der Waals surface area contributed by atoms with E-state index < -0.39 is 11.5 Å². The first-order valence-electron chi connectivity index (χ1n) is 12.3. The summed E-state index contributed by atoms with van der Waals surface area (Å²) in [7, 11) is 0. The van der Waals surface area contributed by atoms with Gasteiger partial charge in [0.1, 0.15) is 11.7 Å². The zero-order valence-corrected chi connectivity index (χ0v) is 20.6. The van der Waals surface area contributed by atoms with Gasteiger partial charge in [0, 0.05) is 29.3 Å². The van der Waals surface area contributed by atoms with Gasteiger partial charge in [0.15, 0.2) is 11.5 Å². The zero-order chi connectivity index (χ0) is 25.0. The van der Waals surface area contributed by atoms with Crippen molar-refractivity contribution in [3.63, 3.8) is 0 Å². The van der Waals surface area contributed by atoms with E-state index in [1.54, 1.807) is 0 Å². The number of benzene rings is 1. The highest BCUT2D eigenvalue weighted by atomic mass is 16.5. The minimum atomic E-state index is -1.06. The van der Waals surface area contributed by atoms with E-state index in [1.807, 2.05) is 38.1 Å². The van der Waals surface area contributed by atoms with E-state index in [-0.39, 0.29) is 41.0 Å². The number of allylic oxidation sites excluding steroid dienone is 2. The van der Waals surface area contributed by atoms with Crippen molar-refractivity contribution in [1.29, 1.82) is 5.26 Å². The van der Waals surface area contributed by atoms with Crippen LogP contribution in [0.15, 0.2) is 42.6 Å². The molecule has 2 aliphatic heterocycles. The van der Waals surface area contributed by atoms with Crippen LogP contribution in [0, 0.1) is 28.6 Å². The molecule has 182 valence electrons. The molecule has 2 aromatic rings. The Morgan fingerprint density at radius 2 is 1.97 bits per heavy atom. The lowest BCUT2D eigenvalue weighted by atomic mass is 9.68. The van der Waals surface area contributed by atoms with Crippen molar-refractivity contribution in [2.24, 2.45) is 17.3 Å². The predicted molar refractivity (Wildman–Crippen MR) is 133 cm³/mol. The molecule has 35 heavy (non-hydrogen) atoms. The molecule has 1 saturated heterocycles. The number of anilines is 1. The number of aliphatic hydroxyl groups is 1. The highest BCUT2D eigenvalue weighted by Gasteiger charge is 2.53. The van der Waals surface area contributed by atoms with Crippen molar-refractivity contribution in [3.8, 4) is 6.07 Å². The summed E-state index contributed by atoms with van der Waals surface area (Å²) >= 11 is 0. The predicted octanol–water partition coefficient (Wildman–Crippen LogP) is 4.92. The third-order valence-electron chi connectivity index (χ3n) is 8.13. The number of imidazole rings is 1. The normalized spacial score (nSPS) is 31.0. The third-order valence-corrected chi connectivity index (χ3v) is 8.13. The van der Waals surface area contributed by atoms with Gasteiger partial charge in [-0.25, -0.2) is 4.98 Å². The standard InChI is InChI=1S/C28H32N4O3/c1-16-23-7-8-24(35-23)17(2)28(16,34)19-5-6-22(32-26(33)25-30-15-20(14-29)31-25)21(13-19)18-9-11-27(3,4)12-10-18/h5-9,13,15-17,23-24,34H,10-12H2,1-4H3,(H,30,31)(H,32,33)/t16-,17+,23+,24?,28-/m0/s1. The Labute approximate surface area is 205 Å². The number of ether oxygens (including phenoxy) is 1. The Morgan fingerprint density at radius 3 is 2.57 bits per heavy atom. The van der Waals surface area contributed by atoms with Crippen molar-refractivity contribution in [3.05, 3.63) is 65.3 Å². The summed E-state index contributed by atoms with van der Waals surface area (Å²) in [6, 6.07) is 7.76. The Kier molecular flexibility index (Phi) is 5.70. The lowest BCUT2D eigenvalue weighted by molar-refractivity contribution is -0.187. The molecule has 1 aromatic heterocycles. The Balaban J connectivity index is 1.55. The van der Waals surface area contributed by atoms with Gasteiger partial charge in [0.2, 0.25) is 0 Å². The molecule has 1 aromatic carbocycles. The first-order valence-corrected chi connectivity index (χ1v) is 12.3. The van der Waals surface area contributed by atoms with Gasteiger partial charge in [0.25, 0.3) is 5.91 Å². The summed E-state index contributed by atoms with van der Waals surface area (Å²) < 4.78 is 6.07. The number of H-pyrrole nitrogens is 1. The maximum absolute atomic E-state index is 12.9. The molecule has 5 atom stereocenters. The number of fused-ring (bicyclic) bond motifs is 2. The van der Waals surface area contributed by atoms with E-state index in [0.29, 0.717) is 5.69 Å². The van der Waals surface area contributed by atoms with Crippen molar-refractivity contribution in [2.45, 2.75) is 64.8 Å². The molecule has 2 bridgehead atoms. The summed E-state index contributed by atoms with van der Waals surface area (Å²) in [5.74, 6) is -0.561. The molecule has 1 amide bonds. The number of hydrogen-bond donors (Lipinski definition) is 3. The molecule has 0 saturated carbocycles. The number of nitrogens with one attached hydrogen (secondary N) is 2. The Morgan fingerprint density at radius 1 is 1.26 bits per heavy atom. The van der Waals surface area contributed by atoms with Crippen LogP contribution in [-0.2, 0) is 10.3 Å². The molecule has 5 rings (SSSR count). The molecule has 0 radical (unpaired) electrons. The van der Waals surface area contributed by atoms with E-state index in [1.165, 1.54) is 6.20 Å². The van der Waals surface area contributed by atoms with E-state index in [0.717, 1.165) is 36.0 Å². The average molecular weight is 473 g/mol. The van der Waals surface area contributed by atoms with Gasteiger partial charge in [-0.1, -0.05) is 52.0 Å². The van der Waals surface area contributed by atoms with Crippen LogP contribution in [0.25, 0.3) is 5.57 Å². The molecule has 3 heterocycles. The Bertz CT molecular complexity index is 1250. The monoisotopic (exact) mass is 472 g/mol. The van der Waals surface area contributed by atoms with Crippen molar-refractivity contribution in [1.82, 2.24) is 9.97 Å². The summed E-state index contributed by atoms with van der Waals surface area (Å²) in [5.41, 5.74) is 2.91. The number of aromatic amines is 1. The van der Waals surface area contributed by atoms with Crippen LogP contribution in [0.2, 0.25) is 0 Å². The van der Waals surface area contributed by atoms with Gasteiger partial charge < -0.3 is 20.1 Å². The summed E-state index contributed by atoms with van der Waals surface area (Å²) in [6.07, 6.45) is 10.4. The van der Waals surface area contributed by atoms with E-state index in [2.05, 4.69) is 47.4 Å². The van der Waals surface area contributed by atoms with Crippen LogP contribution in [0.5, 0.6) is 0 Å². The van der Waals surface area contributed by atoms with Gasteiger partial charge in [-0.05, 0) is 47.9 Å². The smallest absolute Gasteiger partial charge is 0.291 e. The van der Waals surface area contributed by atoms with Crippen molar-refractivity contribution >= 4 is 17.2 Å². The third kappa shape index (κ3) is 4.01. The molecular weight excluding hydrogens is 440 g/mol. The van der Waals surface area contributed by atoms with Crippen LogP contribution in [0.3, 0.4) is 0 Å². The first-order chi connectivity index (χ1) is 16.6. The second kappa shape index (κ2) is 8.47. The number of carbonyl (C=O) groups excluding carboxylic acids is 1. The Hall–Kier alpha value is -3.21. The lowest BCUT2D eigenvalue weighted by Gasteiger charge is -2.47. The fraction of sp³-hybridized carbons (Fsp3) is 0.464. The van der Waals surface area contributed by atoms with Gasteiger partial charge in [-0.3, -0.25) is 4.79 Å². The molecule has 1 aliphatic carbocycles. The summed E-state index contributed by atoms with van der Waals surface area (Å²) in [6.45, 7) is 8.60. The van der Waals surface area contributed by atoms with E-state index in [4.69, 9.17) is 10.00 Å². The number of carbonyl (C=O) groups is 1. The van der Waals surface area contributed by atoms with Crippen LogP contribution in [0.4, 0.5) is 5.69 Å². The van der Waals surface area contributed by atoms with Crippen LogP contribution < -0.4 is 5.32 Å². The second-order valence-corrected chi connectivity index (χ2v) is 10.9. The maximum Gasteiger partial charge on any atom is 0.291 e. The first kappa shape index (κ1) is 23.5. The number of nitriles is 1. The minimum absolute atomic E-state index is 0.0864. The van der Waals surface area contributed by atoms with Crippen LogP contribution >= 0.6 is 0 Å². The number of rotatable bonds is 4. The molecule has 1 unspecified atom stereocenters. The number of amides is 1. The quantitative estimate of drug-likeness (QED) is 0.547. The maximum atomic E-state index is 12.9. The van der Waals surface area contributed by atoms with Gasteiger partial charge in [-0.15, -0.1) is 0 Å². The minimum Gasteiger partial charge on any atom is -0.384 e. The van der Waals surface area contributed by atoms with E-state index >= 15 is 0 Å². The zero-order valence-electron chi connectivity index (χ0n) is 20.6. The van der Waals surface area contributed by atoms with Gasteiger partial charge in [-0.2, -0.15) is 5.26 Å². The van der Waals surface area contributed by atoms with Crippen LogP contribution in [-0.4, -0.2) is 33.2 Å². The second-order valence-electron chi connectivity index (χ2n) is 10.9. The number of aromatic nitrogens is 2. The van der Waals surface area contributed by atoms with Crippen LogP contribution in [0.1, 0.15) is 74.4 Å². The highest BCUT2D eigenvalue weighted by molar-refractivity contribution is 6.03. The van der Waals surface area contributed by atoms with Gasteiger partial charge in [0.05, 0.1) is 12.2 Å². The number of hydrogen-bond acceptors (Lipinski definition) is 5. The highest BCUT2D eigenvalue weighted by Crippen LogP contribution is 2.50. The summed E-state index contributed by atoms with van der Waals surface area (Å²) in [5, 5.41) is 24.1. The fourth-order valence-corrected chi connectivity index (χ4v) is 5.67. The summed E-state index contributed by atoms with van der Waals surface area (Å²) in [4.78, 5) is 19.7. The number of nitrogens with zero attached hydrogens (tertiary/aromatic N) is 2. The van der Waals surface area contributed by atoms with Crippen molar-refractivity contribution in [2.75, 3.05) is 5.32 Å². The molecule has 0 spiro atoms. The fourth-order valence-electron chi connectivity index (χ4n) is 5.67. The molecule has 3 aliphatic rings. The van der Waals surface area contributed by atoms with Gasteiger partial charge >= 0.3 is 0 Å². The van der Waals surface area contributed by atoms with Crippen molar-refractivity contribution < 1.29 is 14.6 Å². The largest absolute Gasteiger partial charge is 0.384 e. The molecule has 7 nitrogen and oxygen atoms in total.